The van der Waals surface area contributed by atoms with E-state index in [1.807, 2.05) is 18.2 Å². The third kappa shape index (κ3) is 3.27. The van der Waals surface area contributed by atoms with Crippen LogP contribution in [0.25, 0.3) is 0 Å². The Morgan fingerprint density at radius 3 is 2.65 bits per heavy atom. The van der Waals surface area contributed by atoms with Gasteiger partial charge in [-0.25, -0.2) is 0 Å². The van der Waals surface area contributed by atoms with E-state index in [1.54, 1.807) is 13.2 Å². The van der Waals surface area contributed by atoms with Gasteiger partial charge in [0.1, 0.15) is 5.75 Å². The van der Waals surface area contributed by atoms with Crippen molar-refractivity contribution in [3.63, 3.8) is 0 Å². The first-order chi connectivity index (χ1) is 9.54. The van der Waals surface area contributed by atoms with Crippen molar-refractivity contribution in [1.82, 2.24) is 5.32 Å². The van der Waals surface area contributed by atoms with Crippen molar-refractivity contribution < 1.29 is 19.1 Å². The Labute approximate surface area is 117 Å². The van der Waals surface area contributed by atoms with E-state index in [0.29, 0.717) is 19.0 Å². The third-order valence-electron chi connectivity index (χ3n) is 3.22. The molecule has 2 rings (SSSR count). The minimum absolute atomic E-state index is 0.0880. The Kier molecular flexibility index (Phi) is 4.24. The van der Waals surface area contributed by atoms with Gasteiger partial charge in [0.15, 0.2) is 0 Å². The van der Waals surface area contributed by atoms with Gasteiger partial charge in [-0.05, 0) is 6.07 Å². The molecule has 1 heterocycles. The molecule has 6 nitrogen and oxygen atoms in total. The molecule has 1 fully saturated rings. The first-order valence-electron chi connectivity index (χ1n) is 6.34. The molecule has 1 aliphatic heterocycles. The summed E-state index contributed by atoms with van der Waals surface area (Å²) in [4.78, 5) is 23.1. The van der Waals surface area contributed by atoms with Crippen molar-refractivity contribution in [3.05, 3.63) is 29.8 Å². The summed E-state index contributed by atoms with van der Waals surface area (Å²) >= 11 is 0. The van der Waals surface area contributed by atoms with E-state index in [0.717, 1.165) is 5.56 Å². The van der Waals surface area contributed by atoms with E-state index < -0.39 is 11.4 Å². The molecule has 20 heavy (non-hydrogen) atoms. The highest BCUT2D eigenvalue weighted by Gasteiger charge is 2.41. The van der Waals surface area contributed by atoms with Crippen molar-refractivity contribution in [1.29, 1.82) is 0 Å². The standard InChI is InChI=1S/C14H18N2O4/c1-19-11-5-3-2-4-10(11)6-13(18)16-14(7-12(15)17)8-20-9-14/h2-5H,6-9H2,1H3,(H2,15,17)(H,16,18). The van der Waals surface area contributed by atoms with Crippen LogP contribution in [0.3, 0.4) is 0 Å². The molecule has 0 radical (unpaired) electrons. The number of nitrogens with two attached hydrogens (primary N) is 1. The number of para-hydroxylation sites is 1. The summed E-state index contributed by atoms with van der Waals surface area (Å²) in [5.74, 6) is 0.0291. The van der Waals surface area contributed by atoms with Gasteiger partial charge in [-0.15, -0.1) is 0 Å². The van der Waals surface area contributed by atoms with Crippen LogP contribution in [0.4, 0.5) is 0 Å². The van der Waals surface area contributed by atoms with Crippen LogP contribution in [-0.4, -0.2) is 37.7 Å². The normalized spacial score (nSPS) is 16.1. The Morgan fingerprint density at radius 2 is 2.10 bits per heavy atom. The Bertz CT molecular complexity index is 512. The number of methoxy groups -OCH3 is 1. The van der Waals surface area contributed by atoms with Gasteiger partial charge in [0.25, 0.3) is 0 Å². The minimum Gasteiger partial charge on any atom is -0.496 e. The number of hydrogen-bond acceptors (Lipinski definition) is 4. The second-order valence-electron chi connectivity index (χ2n) is 4.95. The van der Waals surface area contributed by atoms with Crippen molar-refractivity contribution in [2.24, 2.45) is 5.73 Å². The highest BCUT2D eigenvalue weighted by atomic mass is 16.5. The number of rotatable bonds is 6. The number of nitrogens with one attached hydrogen (secondary N) is 1. The van der Waals surface area contributed by atoms with Gasteiger partial charge in [-0.1, -0.05) is 18.2 Å². The summed E-state index contributed by atoms with van der Waals surface area (Å²) in [6, 6.07) is 7.32. The predicted molar refractivity (Wildman–Crippen MR) is 72.2 cm³/mol. The highest BCUT2D eigenvalue weighted by Crippen LogP contribution is 2.22. The lowest BCUT2D eigenvalue weighted by Crippen LogP contribution is -2.63. The van der Waals surface area contributed by atoms with E-state index in [2.05, 4.69) is 5.32 Å². The fraction of sp³-hybridized carbons (Fsp3) is 0.429. The van der Waals surface area contributed by atoms with E-state index >= 15 is 0 Å². The first kappa shape index (κ1) is 14.3. The van der Waals surface area contributed by atoms with E-state index in [1.165, 1.54) is 0 Å². The molecule has 1 aliphatic rings. The zero-order chi connectivity index (χ0) is 14.6. The second kappa shape index (κ2) is 5.92. The molecular formula is C14H18N2O4. The lowest BCUT2D eigenvalue weighted by Gasteiger charge is -2.41. The van der Waals surface area contributed by atoms with Gasteiger partial charge in [-0.2, -0.15) is 0 Å². The van der Waals surface area contributed by atoms with Gasteiger partial charge in [0, 0.05) is 5.56 Å². The van der Waals surface area contributed by atoms with Crippen LogP contribution in [-0.2, 0) is 20.7 Å². The van der Waals surface area contributed by atoms with Crippen molar-refractivity contribution in [3.8, 4) is 5.75 Å². The van der Waals surface area contributed by atoms with E-state index in [9.17, 15) is 9.59 Å². The Hall–Kier alpha value is -2.08. The Balaban J connectivity index is 2.00. The monoisotopic (exact) mass is 278 g/mol. The van der Waals surface area contributed by atoms with Gasteiger partial charge in [-0.3, -0.25) is 9.59 Å². The first-order valence-corrected chi connectivity index (χ1v) is 6.34. The van der Waals surface area contributed by atoms with E-state index in [-0.39, 0.29) is 18.7 Å². The van der Waals surface area contributed by atoms with Gasteiger partial charge in [0.2, 0.25) is 11.8 Å². The average Bonchev–Trinajstić information content (AvgIpc) is 2.36. The van der Waals surface area contributed by atoms with Crippen LogP contribution in [0.5, 0.6) is 5.75 Å². The van der Waals surface area contributed by atoms with Crippen LogP contribution in [0.1, 0.15) is 12.0 Å². The molecule has 1 aromatic carbocycles. The minimum atomic E-state index is -0.648. The highest BCUT2D eigenvalue weighted by molar-refractivity contribution is 5.82. The fourth-order valence-electron chi connectivity index (χ4n) is 2.26. The van der Waals surface area contributed by atoms with Crippen molar-refractivity contribution >= 4 is 11.8 Å². The summed E-state index contributed by atoms with van der Waals surface area (Å²) in [5, 5.41) is 2.84. The number of benzene rings is 1. The average molecular weight is 278 g/mol. The largest absolute Gasteiger partial charge is 0.496 e. The molecule has 2 amide bonds. The molecule has 0 bridgehead atoms. The molecule has 0 aromatic heterocycles. The molecule has 108 valence electrons. The molecule has 0 spiro atoms. The van der Waals surface area contributed by atoms with E-state index in [4.69, 9.17) is 15.2 Å². The zero-order valence-corrected chi connectivity index (χ0v) is 11.3. The molecule has 0 atom stereocenters. The van der Waals surface area contributed by atoms with Crippen LogP contribution < -0.4 is 15.8 Å². The zero-order valence-electron chi connectivity index (χ0n) is 11.3. The lowest BCUT2D eigenvalue weighted by atomic mass is 9.92. The van der Waals surface area contributed by atoms with Gasteiger partial charge >= 0.3 is 0 Å². The van der Waals surface area contributed by atoms with Crippen molar-refractivity contribution in [2.75, 3.05) is 20.3 Å². The quantitative estimate of drug-likeness (QED) is 0.766. The maximum absolute atomic E-state index is 12.1. The summed E-state index contributed by atoms with van der Waals surface area (Å²) in [6.45, 7) is 0.626. The number of carbonyl (C=O) groups is 2. The van der Waals surface area contributed by atoms with Crippen LogP contribution in [0, 0.1) is 0 Å². The SMILES string of the molecule is COc1ccccc1CC(=O)NC1(CC(N)=O)COC1. The molecule has 0 saturated carbocycles. The summed E-state index contributed by atoms with van der Waals surface area (Å²) in [6.07, 6.45) is 0.273. The molecule has 0 aliphatic carbocycles. The smallest absolute Gasteiger partial charge is 0.225 e. The number of primary amides is 1. The lowest BCUT2D eigenvalue weighted by molar-refractivity contribution is -0.138. The van der Waals surface area contributed by atoms with Crippen LogP contribution in [0.15, 0.2) is 24.3 Å². The molecule has 6 heteroatoms. The number of amides is 2. The maximum Gasteiger partial charge on any atom is 0.225 e. The molecule has 1 aromatic rings. The van der Waals surface area contributed by atoms with Gasteiger partial charge in [0.05, 0.1) is 38.7 Å². The molecule has 1 saturated heterocycles. The summed E-state index contributed by atoms with van der Waals surface area (Å²) in [5.41, 5.74) is 5.34. The Morgan fingerprint density at radius 1 is 1.40 bits per heavy atom. The molecular weight excluding hydrogens is 260 g/mol. The number of hydrogen-bond donors (Lipinski definition) is 2. The number of carbonyl (C=O) groups excluding carboxylic acids is 2. The summed E-state index contributed by atoms with van der Waals surface area (Å²) in [7, 11) is 1.56. The molecule has 0 unspecified atom stereocenters. The van der Waals surface area contributed by atoms with Crippen LogP contribution >= 0.6 is 0 Å². The van der Waals surface area contributed by atoms with Crippen LogP contribution in [0.2, 0.25) is 0 Å². The predicted octanol–water partition coefficient (Wildman–Crippen LogP) is -0.00170. The third-order valence-corrected chi connectivity index (χ3v) is 3.22. The second-order valence-corrected chi connectivity index (χ2v) is 4.95. The van der Waals surface area contributed by atoms with Crippen molar-refractivity contribution in [2.45, 2.75) is 18.4 Å². The van der Waals surface area contributed by atoms with Gasteiger partial charge < -0.3 is 20.5 Å². The maximum atomic E-state index is 12.1. The molecule has 3 N–H and O–H groups in total. The fourth-order valence-corrected chi connectivity index (χ4v) is 2.26. The topological polar surface area (TPSA) is 90.6 Å². The number of ether oxygens (including phenoxy) is 2. The summed E-state index contributed by atoms with van der Waals surface area (Å²) < 4.78 is 10.3.